The molecule has 0 spiro atoms. The zero-order chi connectivity index (χ0) is 22.5. The molecule has 32 heavy (non-hydrogen) atoms. The minimum absolute atomic E-state index is 0.104. The van der Waals surface area contributed by atoms with Crippen molar-refractivity contribution >= 4 is 28.3 Å². The molecule has 3 aromatic rings. The predicted molar refractivity (Wildman–Crippen MR) is 124 cm³/mol. The second-order valence-corrected chi connectivity index (χ2v) is 7.83. The first-order valence-electron chi connectivity index (χ1n) is 11.0. The molecule has 4 rings (SSSR count). The first-order valence-corrected chi connectivity index (χ1v) is 11.0. The molecule has 2 amide bonds. The number of likely N-dealkylation sites (tertiary alicyclic amines) is 1. The highest BCUT2D eigenvalue weighted by Crippen LogP contribution is 2.22. The standard InChI is InChI=1S/C25H27N3O4/c1-2-32-19-11-9-18(10-12-19)24(30)26-22-7-3-6-21-20(22)13-17-28(25(21)31)16-5-15-27-14-4-8-23(27)29/h3,6-7,9-13,17H,2,4-5,8,14-16H2,1H3,(H,26,30). The number of aryl methyl sites for hydroxylation is 1. The molecule has 1 aromatic heterocycles. The van der Waals surface area contributed by atoms with Crippen LogP contribution < -0.4 is 15.6 Å². The Morgan fingerprint density at radius 3 is 2.56 bits per heavy atom. The van der Waals surface area contributed by atoms with Crippen LogP contribution in [0.2, 0.25) is 0 Å². The monoisotopic (exact) mass is 433 g/mol. The highest BCUT2D eigenvalue weighted by molar-refractivity contribution is 6.09. The summed E-state index contributed by atoms with van der Waals surface area (Å²) in [7, 11) is 0. The molecule has 2 aromatic carbocycles. The fraction of sp³-hybridized carbons (Fsp3) is 0.320. The van der Waals surface area contributed by atoms with Gasteiger partial charge < -0.3 is 19.5 Å². The summed E-state index contributed by atoms with van der Waals surface area (Å²) in [5.41, 5.74) is 0.996. The van der Waals surface area contributed by atoms with Crippen molar-refractivity contribution in [2.45, 2.75) is 32.7 Å². The van der Waals surface area contributed by atoms with Gasteiger partial charge in [0.1, 0.15) is 5.75 Å². The zero-order valence-electron chi connectivity index (χ0n) is 18.2. The maximum absolute atomic E-state index is 13.0. The lowest BCUT2D eigenvalue weighted by Crippen LogP contribution is -2.28. The number of aromatic nitrogens is 1. The van der Waals surface area contributed by atoms with Gasteiger partial charge in [-0.15, -0.1) is 0 Å². The lowest BCUT2D eigenvalue weighted by atomic mass is 10.1. The number of amides is 2. The first-order chi connectivity index (χ1) is 15.6. The number of fused-ring (bicyclic) bond motifs is 1. The Bertz CT molecular complexity index is 1180. The van der Waals surface area contributed by atoms with E-state index in [1.807, 2.05) is 17.9 Å². The van der Waals surface area contributed by atoms with Crippen LogP contribution in [0.25, 0.3) is 10.8 Å². The van der Waals surface area contributed by atoms with Crippen LogP contribution in [0.3, 0.4) is 0 Å². The van der Waals surface area contributed by atoms with E-state index in [-0.39, 0.29) is 17.4 Å². The van der Waals surface area contributed by atoms with Crippen LogP contribution in [0.1, 0.15) is 36.5 Å². The van der Waals surface area contributed by atoms with E-state index in [2.05, 4.69) is 5.32 Å². The minimum atomic E-state index is -0.250. The van der Waals surface area contributed by atoms with E-state index in [0.29, 0.717) is 53.9 Å². The molecule has 0 saturated carbocycles. The van der Waals surface area contributed by atoms with Crippen molar-refractivity contribution < 1.29 is 14.3 Å². The molecule has 0 atom stereocenters. The van der Waals surface area contributed by atoms with Gasteiger partial charge in [0, 0.05) is 54.3 Å². The van der Waals surface area contributed by atoms with E-state index < -0.39 is 0 Å². The van der Waals surface area contributed by atoms with Gasteiger partial charge >= 0.3 is 0 Å². The number of carbonyl (C=O) groups excluding carboxylic acids is 2. The Kier molecular flexibility index (Phi) is 6.54. The molecule has 1 aliphatic rings. The third-order valence-corrected chi connectivity index (χ3v) is 5.69. The number of ether oxygens (including phenoxy) is 1. The van der Waals surface area contributed by atoms with E-state index in [1.165, 1.54) is 0 Å². The quantitative estimate of drug-likeness (QED) is 0.588. The minimum Gasteiger partial charge on any atom is -0.494 e. The summed E-state index contributed by atoms with van der Waals surface area (Å²) in [5, 5.41) is 4.16. The molecule has 7 nitrogen and oxygen atoms in total. The number of benzene rings is 2. The van der Waals surface area contributed by atoms with Crippen molar-refractivity contribution in [3.63, 3.8) is 0 Å². The molecule has 7 heteroatoms. The molecule has 0 unspecified atom stereocenters. The topological polar surface area (TPSA) is 80.6 Å². The molecular weight excluding hydrogens is 406 g/mol. The lowest BCUT2D eigenvalue weighted by molar-refractivity contribution is -0.127. The fourth-order valence-corrected chi connectivity index (χ4v) is 4.04. The second-order valence-electron chi connectivity index (χ2n) is 7.83. The summed E-state index contributed by atoms with van der Waals surface area (Å²) in [5.74, 6) is 0.660. The van der Waals surface area contributed by atoms with Gasteiger partial charge in [-0.1, -0.05) is 6.07 Å². The van der Waals surface area contributed by atoms with Gasteiger partial charge in [-0.2, -0.15) is 0 Å². The zero-order valence-corrected chi connectivity index (χ0v) is 18.2. The van der Waals surface area contributed by atoms with E-state index in [1.54, 1.807) is 53.2 Å². The molecule has 1 N–H and O–H groups in total. The van der Waals surface area contributed by atoms with E-state index in [0.717, 1.165) is 19.4 Å². The first kappa shape index (κ1) is 21.6. The van der Waals surface area contributed by atoms with E-state index in [4.69, 9.17) is 4.74 Å². The third kappa shape index (κ3) is 4.66. The maximum atomic E-state index is 13.0. The third-order valence-electron chi connectivity index (χ3n) is 5.69. The van der Waals surface area contributed by atoms with Crippen molar-refractivity contribution in [3.05, 3.63) is 70.6 Å². The van der Waals surface area contributed by atoms with Crippen LogP contribution in [-0.4, -0.2) is 41.0 Å². The van der Waals surface area contributed by atoms with Gasteiger partial charge in [-0.25, -0.2) is 0 Å². The number of carbonyl (C=O) groups is 2. The van der Waals surface area contributed by atoms with Gasteiger partial charge in [0.2, 0.25) is 5.91 Å². The van der Waals surface area contributed by atoms with Crippen molar-refractivity contribution in [2.24, 2.45) is 0 Å². The number of pyridine rings is 1. The molecule has 0 aliphatic carbocycles. The van der Waals surface area contributed by atoms with Crippen molar-refractivity contribution in [3.8, 4) is 5.75 Å². The number of nitrogens with zero attached hydrogens (tertiary/aromatic N) is 2. The van der Waals surface area contributed by atoms with E-state index in [9.17, 15) is 14.4 Å². The number of hydrogen-bond donors (Lipinski definition) is 1. The predicted octanol–water partition coefficient (Wildman–Crippen LogP) is 3.67. The Balaban J connectivity index is 1.48. The fourth-order valence-electron chi connectivity index (χ4n) is 4.04. The molecule has 2 heterocycles. The number of hydrogen-bond acceptors (Lipinski definition) is 4. The average Bonchev–Trinajstić information content (AvgIpc) is 3.21. The van der Waals surface area contributed by atoms with Crippen LogP contribution in [0, 0.1) is 0 Å². The van der Waals surface area contributed by atoms with Gasteiger partial charge in [-0.05, 0) is 62.2 Å². The summed E-state index contributed by atoms with van der Waals surface area (Å²) in [6.45, 7) is 4.49. The van der Waals surface area contributed by atoms with Crippen LogP contribution in [-0.2, 0) is 11.3 Å². The largest absolute Gasteiger partial charge is 0.494 e. The average molecular weight is 434 g/mol. The molecule has 1 saturated heterocycles. The highest BCUT2D eigenvalue weighted by Gasteiger charge is 2.19. The van der Waals surface area contributed by atoms with Gasteiger partial charge in [0.25, 0.3) is 11.5 Å². The van der Waals surface area contributed by atoms with Gasteiger partial charge in [0.05, 0.1) is 6.61 Å². The van der Waals surface area contributed by atoms with Gasteiger partial charge in [-0.3, -0.25) is 14.4 Å². The Morgan fingerprint density at radius 2 is 1.84 bits per heavy atom. The van der Waals surface area contributed by atoms with Crippen molar-refractivity contribution in [1.82, 2.24) is 9.47 Å². The highest BCUT2D eigenvalue weighted by atomic mass is 16.5. The van der Waals surface area contributed by atoms with Gasteiger partial charge in [0.15, 0.2) is 0 Å². The molecule has 166 valence electrons. The van der Waals surface area contributed by atoms with Crippen LogP contribution >= 0.6 is 0 Å². The van der Waals surface area contributed by atoms with Crippen molar-refractivity contribution in [2.75, 3.05) is 25.0 Å². The van der Waals surface area contributed by atoms with Crippen molar-refractivity contribution in [1.29, 1.82) is 0 Å². The molecule has 0 bridgehead atoms. The molecule has 0 radical (unpaired) electrons. The summed E-state index contributed by atoms with van der Waals surface area (Å²) >= 11 is 0. The molecule has 1 fully saturated rings. The Labute approximate surface area is 186 Å². The second kappa shape index (κ2) is 9.68. The maximum Gasteiger partial charge on any atom is 0.258 e. The van der Waals surface area contributed by atoms with Crippen LogP contribution in [0.4, 0.5) is 5.69 Å². The molecule has 1 aliphatic heterocycles. The number of rotatable bonds is 8. The van der Waals surface area contributed by atoms with Crippen LogP contribution in [0.5, 0.6) is 5.75 Å². The Morgan fingerprint density at radius 1 is 1.03 bits per heavy atom. The molecular formula is C25H27N3O4. The lowest BCUT2D eigenvalue weighted by Gasteiger charge is -2.16. The summed E-state index contributed by atoms with van der Waals surface area (Å²) in [6, 6.07) is 14.1. The summed E-state index contributed by atoms with van der Waals surface area (Å²) < 4.78 is 7.08. The smallest absolute Gasteiger partial charge is 0.258 e. The summed E-state index contributed by atoms with van der Waals surface area (Å²) in [6.07, 6.45) is 4.02. The van der Waals surface area contributed by atoms with Crippen LogP contribution in [0.15, 0.2) is 59.5 Å². The normalized spacial score (nSPS) is 13.5. The summed E-state index contributed by atoms with van der Waals surface area (Å²) in [4.78, 5) is 39.3. The number of nitrogens with one attached hydrogen (secondary N) is 1. The van der Waals surface area contributed by atoms with E-state index >= 15 is 0 Å². The SMILES string of the molecule is CCOc1ccc(C(=O)Nc2cccc3c(=O)n(CCCN4CCCC4=O)ccc23)cc1. The Hall–Kier alpha value is -3.61. The number of anilines is 1.